The van der Waals surface area contributed by atoms with Crippen LogP contribution in [0.4, 0.5) is 0 Å². The molecule has 0 radical (unpaired) electrons. The Balaban J connectivity index is 2.50. The highest BCUT2D eigenvalue weighted by Crippen LogP contribution is 2.06. The molecule has 4 heteroatoms. The highest BCUT2D eigenvalue weighted by atomic mass is 16.1. The molecule has 1 aromatic carbocycles. The molecule has 0 unspecified atom stereocenters. The maximum absolute atomic E-state index is 11.5. The third kappa shape index (κ3) is 1.71. The molecule has 15 heavy (non-hydrogen) atoms. The molecule has 0 spiro atoms. The number of nitrogens with zero attached hydrogens (tertiary/aromatic N) is 2. The second-order valence-corrected chi connectivity index (χ2v) is 3.41. The average Bonchev–Trinajstić information content (AvgIpc) is 2.59. The van der Waals surface area contributed by atoms with Gasteiger partial charge in [0.05, 0.1) is 5.69 Å². The Morgan fingerprint density at radius 2 is 1.87 bits per heavy atom. The van der Waals surface area contributed by atoms with Crippen LogP contribution in [0, 0.1) is 0 Å². The molecule has 0 bridgehead atoms. The molecular weight excluding hydrogens is 190 g/mol. The summed E-state index contributed by atoms with van der Waals surface area (Å²) in [4.78, 5) is 11.5. The van der Waals surface area contributed by atoms with E-state index >= 15 is 0 Å². The van der Waals surface area contributed by atoms with E-state index < -0.39 is 0 Å². The first-order valence-electron chi connectivity index (χ1n) is 4.76. The van der Waals surface area contributed by atoms with Crippen molar-refractivity contribution in [2.24, 2.45) is 12.8 Å². The monoisotopic (exact) mass is 203 g/mol. The Kier molecular flexibility index (Phi) is 2.43. The molecule has 78 valence electrons. The number of hydrogen-bond donors (Lipinski definition) is 1. The SMILES string of the molecule is Cn1ccc(=O)n1-c1ccc(CN)cc1. The van der Waals surface area contributed by atoms with Crippen LogP contribution in [0.2, 0.25) is 0 Å². The van der Waals surface area contributed by atoms with Crippen molar-refractivity contribution in [3.8, 4) is 5.69 Å². The number of aryl methyl sites for hydroxylation is 1. The van der Waals surface area contributed by atoms with E-state index in [1.807, 2.05) is 31.3 Å². The molecule has 2 N–H and O–H groups in total. The summed E-state index contributed by atoms with van der Waals surface area (Å²) in [7, 11) is 1.83. The van der Waals surface area contributed by atoms with E-state index in [2.05, 4.69) is 0 Å². The Labute approximate surface area is 87.5 Å². The Hall–Kier alpha value is -1.81. The molecule has 0 saturated heterocycles. The summed E-state index contributed by atoms with van der Waals surface area (Å²) in [6, 6.07) is 9.17. The predicted octanol–water partition coefficient (Wildman–Crippen LogP) is 0.635. The maximum atomic E-state index is 11.5. The van der Waals surface area contributed by atoms with Crippen molar-refractivity contribution in [1.29, 1.82) is 0 Å². The van der Waals surface area contributed by atoms with Gasteiger partial charge in [-0.2, -0.15) is 0 Å². The first-order valence-corrected chi connectivity index (χ1v) is 4.76. The van der Waals surface area contributed by atoms with Gasteiger partial charge >= 0.3 is 0 Å². The van der Waals surface area contributed by atoms with E-state index in [9.17, 15) is 4.79 Å². The minimum absolute atomic E-state index is 0.0296. The number of benzene rings is 1. The fourth-order valence-corrected chi connectivity index (χ4v) is 1.55. The van der Waals surface area contributed by atoms with Crippen LogP contribution in [0.25, 0.3) is 5.69 Å². The molecule has 2 rings (SSSR count). The summed E-state index contributed by atoms with van der Waals surface area (Å²) in [5.74, 6) is 0. The second kappa shape index (κ2) is 3.74. The lowest BCUT2D eigenvalue weighted by Crippen LogP contribution is -2.18. The van der Waals surface area contributed by atoms with Gasteiger partial charge in [-0.05, 0) is 17.7 Å². The summed E-state index contributed by atoms with van der Waals surface area (Å²) in [6.45, 7) is 0.516. The molecule has 1 heterocycles. The molecule has 4 nitrogen and oxygen atoms in total. The Bertz CT molecular complexity index is 507. The van der Waals surface area contributed by atoms with Crippen LogP contribution in [-0.4, -0.2) is 9.36 Å². The van der Waals surface area contributed by atoms with Gasteiger partial charge in [-0.25, -0.2) is 4.68 Å². The quantitative estimate of drug-likeness (QED) is 0.778. The number of hydrogen-bond acceptors (Lipinski definition) is 2. The second-order valence-electron chi connectivity index (χ2n) is 3.41. The standard InChI is InChI=1S/C11H13N3O/c1-13-7-6-11(15)14(13)10-4-2-9(8-12)3-5-10/h2-7H,8,12H2,1H3. The summed E-state index contributed by atoms with van der Waals surface area (Å²) < 4.78 is 3.35. The molecule has 0 aliphatic carbocycles. The zero-order chi connectivity index (χ0) is 10.8. The van der Waals surface area contributed by atoms with Gasteiger partial charge in [-0.1, -0.05) is 12.1 Å². The lowest BCUT2D eigenvalue weighted by atomic mass is 10.2. The van der Waals surface area contributed by atoms with Gasteiger partial charge in [0.2, 0.25) is 0 Å². The van der Waals surface area contributed by atoms with Crippen LogP contribution in [-0.2, 0) is 13.6 Å². The molecule has 1 aromatic heterocycles. The highest BCUT2D eigenvalue weighted by molar-refractivity contribution is 5.33. The van der Waals surface area contributed by atoms with Gasteiger partial charge in [0.15, 0.2) is 0 Å². The van der Waals surface area contributed by atoms with E-state index in [0.717, 1.165) is 11.3 Å². The Morgan fingerprint density at radius 1 is 1.20 bits per heavy atom. The topological polar surface area (TPSA) is 53.0 Å². The van der Waals surface area contributed by atoms with E-state index in [4.69, 9.17) is 5.73 Å². The normalized spacial score (nSPS) is 10.5. The summed E-state index contributed by atoms with van der Waals surface area (Å²) in [5.41, 5.74) is 7.38. The van der Waals surface area contributed by atoms with E-state index in [-0.39, 0.29) is 5.56 Å². The van der Waals surface area contributed by atoms with Crippen molar-refractivity contribution < 1.29 is 0 Å². The lowest BCUT2D eigenvalue weighted by molar-refractivity contribution is 0.646. The van der Waals surface area contributed by atoms with Crippen molar-refractivity contribution in [3.05, 3.63) is 52.4 Å². The summed E-state index contributed by atoms with van der Waals surface area (Å²) >= 11 is 0. The van der Waals surface area contributed by atoms with Crippen LogP contribution in [0.1, 0.15) is 5.56 Å². The summed E-state index contributed by atoms with van der Waals surface area (Å²) in [5, 5.41) is 0. The van der Waals surface area contributed by atoms with Crippen LogP contribution in [0.5, 0.6) is 0 Å². The molecule has 0 atom stereocenters. The zero-order valence-corrected chi connectivity index (χ0v) is 8.55. The fraction of sp³-hybridized carbons (Fsp3) is 0.182. The Morgan fingerprint density at radius 3 is 2.33 bits per heavy atom. The van der Waals surface area contributed by atoms with Crippen molar-refractivity contribution in [2.75, 3.05) is 0 Å². The molecule has 2 aromatic rings. The minimum Gasteiger partial charge on any atom is -0.326 e. The van der Waals surface area contributed by atoms with Gasteiger partial charge < -0.3 is 5.73 Å². The minimum atomic E-state index is -0.0296. The number of rotatable bonds is 2. The largest absolute Gasteiger partial charge is 0.326 e. The first kappa shape index (κ1) is 9.73. The maximum Gasteiger partial charge on any atom is 0.271 e. The van der Waals surface area contributed by atoms with Gasteiger partial charge in [0.25, 0.3) is 5.56 Å². The van der Waals surface area contributed by atoms with Crippen molar-refractivity contribution in [2.45, 2.75) is 6.54 Å². The third-order valence-corrected chi connectivity index (χ3v) is 2.37. The lowest BCUT2D eigenvalue weighted by Gasteiger charge is -2.07. The van der Waals surface area contributed by atoms with Crippen molar-refractivity contribution in [1.82, 2.24) is 9.36 Å². The first-order chi connectivity index (χ1) is 7.22. The third-order valence-electron chi connectivity index (χ3n) is 2.37. The molecule has 0 amide bonds. The molecular formula is C11H13N3O. The van der Waals surface area contributed by atoms with Crippen LogP contribution >= 0.6 is 0 Å². The molecule has 0 aliphatic rings. The van der Waals surface area contributed by atoms with E-state index in [0.29, 0.717) is 6.54 Å². The average molecular weight is 203 g/mol. The zero-order valence-electron chi connectivity index (χ0n) is 8.55. The van der Waals surface area contributed by atoms with Gasteiger partial charge in [-0.3, -0.25) is 9.48 Å². The fourth-order valence-electron chi connectivity index (χ4n) is 1.55. The van der Waals surface area contributed by atoms with Crippen molar-refractivity contribution >= 4 is 0 Å². The summed E-state index contributed by atoms with van der Waals surface area (Å²) in [6.07, 6.45) is 1.74. The van der Waals surface area contributed by atoms with Crippen LogP contribution in [0.3, 0.4) is 0 Å². The highest BCUT2D eigenvalue weighted by Gasteiger charge is 2.02. The van der Waals surface area contributed by atoms with E-state index in [1.54, 1.807) is 15.6 Å². The van der Waals surface area contributed by atoms with Crippen molar-refractivity contribution in [3.63, 3.8) is 0 Å². The predicted molar refractivity (Wildman–Crippen MR) is 58.9 cm³/mol. The smallest absolute Gasteiger partial charge is 0.271 e. The van der Waals surface area contributed by atoms with Gasteiger partial charge in [-0.15, -0.1) is 0 Å². The van der Waals surface area contributed by atoms with E-state index in [1.165, 1.54) is 6.07 Å². The molecule has 0 saturated carbocycles. The van der Waals surface area contributed by atoms with Crippen LogP contribution < -0.4 is 11.3 Å². The van der Waals surface area contributed by atoms with Gasteiger partial charge in [0.1, 0.15) is 0 Å². The molecule has 0 aliphatic heterocycles. The molecule has 0 fully saturated rings. The van der Waals surface area contributed by atoms with Crippen LogP contribution in [0.15, 0.2) is 41.3 Å². The van der Waals surface area contributed by atoms with Gasteiger partial charge in [0, 0.05) is 25.9 Å². The number of aromatic nitrogens is 2. The number of nitrogens with two attached hydrogens (primary N) is 1.